The highest BCUT2D eigenvalue weighted by Gasteiger charge is 2.20. The van der Waals surface area contributed by atoms with Gasteiger partial charge in [0.2, 0.25) is 5.91 Å². The van der Waals surface area contributed by atoms with Crippen molar-refractivity contribution in [2.45, 2.75) is 19.8 Å². The molecule has 18 heavy (non-hydrogen) atoms. The topological polar surface area (TPSA) is 55.1 Å². The van der Waals surface area contributed by atoms with E-state index in [4.69, 9.17) is 18.0 Å². The fraction of sp³-hybridized carbons (Fsp3) is 0.333. The first kappa shape index (κ1) is 15.0. The summed E-state index contributed by atoms with van der Waals surface area (Å²) in [5, 5.41) is 2.67. The molecule has 0 saturated heterocycles. The first-order chi connectivity index (χ1) is 8.45. The Bertz CT molecular complexity index is 467. The number of amides is 1. The summed E-state index contributed by atoms with van der Waals surface area (Å²) >= 11 is 7.93. The van der Waals surface area contributed by atoms with Gasteiger partial charge in [-0.3, -0.25) is 4.79 Å². The van der Waals surface area contributed by atoms with E-state index in [2.05, 4.69) is 21.2 Å². The van der Waals surface area contributed by atoms with Gasteiger partial charge in [-0.1, -0.05) is 25.6 Å². The number of nitrogens with one attached hydrogen (secondary N) is 1. The van der Waals surface area contributed by atoms with Gasteiger partial charge >= 0.3 is 0 Å². The molecule has 0 aliphatic carbocycles. The summed E-state index contributed by atoms with van der Waals surface area (Å²) in [6.07, 6.45) is 1.41. The SMILES string of the molecule is CCCC(C(=O)Nc1ccc(F)c(Br)c1)C(N)=S. The Hall–Kier alpha value is -1.01. The number of rotatable bonds is 5. The predicted octanol–water partition coefficient (Wildman–Crippen LogP) is 3.23. The zero-order chi connectivity index (χ0) is 13.7. The van der Waals surface area contributed by atoms with E-state index in [0.29, 0.717) is 16.6 Å². The van der Waals surface area contributed by atoms with Crippen LogP contribution in [-0.4, -0.2) is 10.9 Å². The van der Waals surface area contributed by atoms with Gasteiger partial charge < -0.3 is 11.1 Å². The van der Waals surface area contributed by atoms with E-state index in [1.165, 1.54) is 18.2 Å². The lowest BCUT2D eigenvalue weighted by molar-refractivity contribution is -0.118. The smallest absolute Gasteiger partial charge is 0.234 e. The lowest BCUT2D eigenvalue weighted by atomic mass is 10.0. The zero-order valence-electron chi connectivity index (χ0n) is 9.87. The summed E-state index contributed by atoms with van der Waals surface area (Å²) in [4.78, 5) is 12.1. The van der Waals surface area contributed by atoms with Gasteiger partial charge in [0.25, 0.3) is 0 Å². The van der Waals surface area contributed by atoms with Crippen LogP contribution in [0, 0.1) is 11.7 Å². The lowest BCUT2D eigenvalue weighted by Crippen LogP contribution is -2.33. The summed E-state index contributed by atoms with van der Waals surface area (Å²) in [5.74, 6) is -1.14. The fourth-order valence-electron chi connectivity index (χ4n) is 1.49. The van der Waals surface area contributed by atoms with Crippen molar-refractivity contribution in [1.29, 1.82) is 0 Å². The Kier molecular flexibility index (Phi) is 5.68. The third-order valence-corrected chi connectivity index (χ3v) is 3.32. The minimum atomic E-state index is -0.492. The van der Waals surface area contributed by atoms with Gasteiger partial charge in [-0.15, -0.1) is 0 Å². The van der Waals surface area contributed by atoms with Crippen molar-refractivity contribution in [3.8, 4) is 0 Å². The summed E-state index contributed by atoms with van der Waals surface area (Å²) in [5.41, 5.74) is 6.04. The van der Waals surface area contributed by atoms with Crippen molar-refractivity contribution in [3.05, 3.63) is 28.5 Å². The second-order valence-electron chi connectivity index (χ2n) is 3.86. The summed E-state index contributed by atoms with van der Waals surface area (Å²) in [6, 6.07) is 4.26. The van der Waals surface area contributed by atoms with Gasteiger partial charge in [0.15, 0.2) is 0 Å². The number of halogens is 2. The van der Waals surface area contributed by atoms with Crippen LogP contribution in [0.5, 0.6) is 0 Å². The monoisotopic (exact) mass is 332 g/mol. The van der Waals surface area contributed by atoms with Crippen molar-refractivity contribution in [3.63, 3.8) is 0 Å². The molecule has 1 amide bonds. The molecular formula is C12H14BrFN2OS. The fourth-order valence-corrected chi connectivity index (χ4v) is 2.10. The molecule has 0 aliphatic rings. The van der Waals surface area contributed by atoms with Crippen LogP contribution in [0.25, 0.3) is 0 Å². The highest BCUT2D eigenvalue weighted by Crippen LogP contribution is 2.21. The number of thiocarbonyl (C=S) groups is 1. The molecule has 1 aromatic carbocycles. The van der Waals surface area contributed by atoms with Crippen LogP contribution in [0.3, 0.4) is 0 Å². The number of carbonyl (C=O) groups is 1. The second-order valence-corrected chi connectivity index (χ2v) is 5.19. The standard InChI is InChI=1S/C12H14BrFN2OS/c1-2-3-8(11(15)18)12(17)16-7-4-5-10(14)9(13)6-7/h4-6,8H,2-3H2,1H3,(H2,15,18)(H,16,17). The van der Waals surface area contributed by atoms with Crippen molar-refractivity contribution < 1.29 is 9.18 Å². The van der Waals surface area contributed by atoms with E-state index in [-0.39, 0.29) is 16.7 Å². The number of hydrogen-bond donors (Lipinski definition) is 2. The molecule has 0 aromatic heterocycles. The quantitative estimate of drug-likeness (QED) is 0.814. The van der Waals surface area contributed by atoms with Crippen molar-refractivity contribution in [2.24, 2.45) is 11.7 Å². The van der Waals surface area contributed by atoms with Crippen LogP contribution < -0.4 is 11.1 Å². The molecule has 0 fully saturated rings. The molecule has 0 spiro atoms. The predicted molar refractivity (Wildman–Crippen MR) is 77.9 cm³/mol. The Morgan fingerprint density at radius 1 is 1.61 bits per heavy atom. The first-order valence-electron chi connectivity index (χ1n) is 5.51. The molecule has 0 radical (unpaired) electrons. The van der Waals surface area contributed by atoms with Gasteiger partial charge in [0.1, 0.15) is 5.82 Å². The molecule has 0 bridgehead atoms. The van der Waals surface area contributed by atoms with E-state index >= 15 is 0 Å². The van der Waals surface area contributed by atoms with E-state index in [0.717, 1.165) is 6.42 Å². The summed E-state index contributed by atoms with van der Waals surface area (Å²) in [7, 11) is 0. The number of nitrogens with two attached hydrogens (primary N) is 1. The Morgan fingerprint density at radius 3 is 2.78 bits per heavy atom. The summed E-state index contributed by atoms with van der Waals surface area (Å²) in [6.45, 7) is 1.95. The average Bonchev–Trinajstić information content (AvgIpc) is 2.30. The normalized spacial score (nSPS) is 11.9. The van der Waals surface area contributed by atoms with Crippen LogP contribution in [-0.2, 0) is 4.79 Å². The maximum atomic E-state index is 13.0. The zero-order valence-corrected chi connectivity index (χ0v) is 12.3. The van der Waals surface area contributed by atoms with Crippen molar-refractivity contribution in [2.75, 3.05) is 5.32 Å². The number of anilines is 1. The maximum Gasteiger partial charge on any atom is 0.234 e. The Labute approximate surface area is 119 Å². The van der Waals surface area contributed by atoms with Gasteiger partial charge in [-0.25, -0.2) is 4.39 Å². The highest BCUT2D eigenvalue weighted by molar-refractivity contribution is 9.10. The molecule has 1 atom stereocenters. The van der Waals surface area contributed by atoms with Gasteiger partial charge in [0.05, 0.1) is 15.4 Å². The summed E-state index contributed by atoms with van der Waals surface area (Å²) < 4.78 is 13.3. The molecule has 0 aliphatic heterocycles. The maximum absolute atomic E-state index is 13.0. The molecule has 1 unspecified atom stereocenters. The first-order valence-corrected chi connectivity index (χ1v) is 6.71. The minimum Gasteiger partial charge on any atom is -0.393 e. The Balaban J connectivity index is 2.79. The van der Waals surface area contributed by atoms with Gasteiger partial charge in [-0.05, 0) is 40.5 Å². The lowest BCUT2D eigenvalue weighted by Gasteiger charge is -2.14. The number of carbonyl (C=O) groups excluding carboxylic acids is 1. The van der Waals surface area contributed by atoms with Crippen molar-refractivity contribution >= 4 is 44.7 Å². The van der Waals surface area contributed by atoms with Crippen LogP contribution in [0.4, 0.5) is 10.1 Å². The number of benzene rings is 1. The van der Waals surface area contributed by atoms with Gasteiger partial charge in [-0.2, -0.15) is 0 Å². The molecular weight excluding hydrogens is 319 g/mol. The molecule has 0 saturated carbocycles. The molecule has 0 heterocycles. The van der Waals surface area contributed by atoms with E-state index in [9.17, 15) is 9.18 Å². The number of hydrogen-bond acceptors (Lipinski definition) is 2. The van der Waals surface area contributed by atoms with Crippen LogP contribution in [0.15, 0.2) is 22.7 Å². The Morgan fingerprint density at radius 2 is 2.28 bits per heavy atom. The average molecular weight is 333 g/mol. The minimum absolute atomic E-state index is 0.176. The molecule has 1 aromatic rings. The molecule has 98 valence electrons. The van der Waals surface area contributed by atoms with E-state index < -0.39 is 5.92 Å². The van der Waals surface area contributed by atoms with Crippen molar-refractivity contribution in [1.82, 2.24) is 0 Å². The molecule has 3 N–H and O–H groups in total. The van der Waals surface area contributed by atoms with Crippen LogP contribution >= 0.6 is 28.1 Å². The van der Waals surface area contributed by atoms with Gasteiger partial charge in [0, 0.05) is 5.69 Å². The molecule has 3 nitrogen and oxygen atoms in total. The molecule has 1 rings (SSSR count). The third-order valence-electron chi connectivity index (χ3n) is 2.42. The van der Waals surface area contributed by atoms with E-state index in [1.54, 1.807) is 0 Å². The third kappa shape index (κ3) is 4.03. The molecule has 6 heteroatoms. The van der Waals surface area contributed by atoms with Crippen LogP contribution in [0.2, 0.25) is 0 Å². The highest BCUT2D eigenvalue weighted by atomic mass is 79.9. The van der Waals surface area contributed by atoms with Crippen LogP contribution in [0.1, 0.15) is 19.8 Å². The second kappa shape index (κ2) is 6.80. The largest absolute Gasteiger partial charge is 0.393 e. The van der Waals surface area contributed by atoms with E-state index in [1.807, 2.05) is 6.92 Å².